The van der Waals surface area contributed by atoms with E-state index in [1.807, 2.05) is 55.5 Å². The fraction of sp³-hybridized carbons (Fsp3) is 0.440. The number of unbranched alkanes of at least 4 members (excludes halogenated alkanes) is 1. The van der Waals surface area contributed by atoms with Crippen molar-refractivity contribution in [1.29, 1.82) is 0 Å². The van der Waals surface area contributed by atoms with Gasteiger partial charge in [0.2, 0.25) is 18.6 Å². The van der Waals surface area contributed by atoms with Crippen LogP contribution in [-0.2, 0) is 22.4 Å². The van der Waals surface area contributed by atoms with Gasteiger partial charge in [0.15, 0.2) is 11.5 Å². The molecule has 2 amide bonds. The molecule has 31 heavy (non-hydrogen) atoms. The summed E-state index contributed by atoms with van der Waals surface area (Å²) in [5.74, 6) is 1.33. The zero-order chi connectivity index (χ0) is 22.1. The molecule has 0 aromatic heterocycles. The fourth-order valence-electron chi connectivity index (χ4n) is 3.60. The zero-order valence-corrected chi connectivity index (χ0v) is 18.4. The van der Waals surface area contributed by atoms with Crippen molar-refractivity contribution < 1.29 is 19.1 Å². The van der Waals surface area contributed by atoms with Crippen LogP contribution in [0, 0.1) is 0 Å². The van der Waals surface area contributed by atoms with Gasteiger partial charge in [-0.05, 0) is 49.4 Å². The lowest BCUT2D eigenvalue weighted by atomic mass is 10.1. The highest BCUT2D eigenvalue weighted by Crippen LogP contribution is 2.32. The van der Waals surface area contributed by atoms with Crippen molar-refractivity contribution in [1.82, 2.24) is 10.2 Å². The van der Waals surface area contributed by atoms with Crippen molar-refractivity contribution in [2.45, 2.75) is 52.0 Å². The van der Waals surface area contributed by atoms with Crippen LogP contribution < -0.4 is 14.8 Å². The van der Waals surface area contributed by atoms with Gasteiger partial charge in [-0.25, -0.2) is 0 Å². The molecule has 1 N–H and O–H groups in total. The van der Waals surface area contributed by atoms with Crippen molar-refractivity contribution in [2.24, 2.45) is 0 Å². The molecule has 6 heteroatoms. The molecular formula is C25H32N2O4. The topological polar surface area (TPSA) is 67.9 Å². The minimum absolute atomic E-state index is 0.0215. The second kappa shape index (κ2) is 11.4. The Labute approximate surface area is 184 Å². The Bertz CT molecular complexity index is 869. The third-order valence-corrected chi connectivity index (χ3v) is 5.55. The first-order valence-electron chi connectivity index (χ1n) is 11.1. The number of fused-ring (bicyclic) bond motifs is 1. The highest BCUT2D eigenvalue weighted by Gasteiger charge is 2.25. The highest BCUT2D eigenvalue weighted by atomic mass is 16.7. The summed E-state index contributed by atoms with van der Waals surface area (Å²) < 4.78 is 10.8. The molecule has 1 aliphatic rings. The second-order valence-corrected chi connectivity index (χ2v) is 7.83. The van der Waals surface area contributed by atoms with Crippen molar-refractivity contribution in [2.75, 3.05) is 19.9 Å². The van der Waals surface area contributed by atoms with Crippen LogP contribution in [0.15, 0.2) is 48.5 Å². The normalized spacial score (nSPS) is 13.0. The van der Waals surface area contributed by atoms with E-state index in [0.29, 0.717) is 32.4 Å². The second-order valence-electron chi connectivity index (χ2n) is 7.83. The number of ether oxygens (including phenoxy) is 2. The lowest BCUT2D eigenvalue weighted by Gasteiger charge is -2.29. The van der Waals surface area contributed by atoms with Crippen LogP contribution in [0.4, 0.5) is 0 Å². The van der Waals surface area contributed by atoms with E-state index in [1.165, 1.54) is 0 Å². The minimum Gasteiger partial charge on any atom is -0.454 e. The highest BCUT2D eigenvalue weighted by molar-refractivity contribution is 5.87. The van der Waals surface area contributed by atoms with Crippen molar-refractivity contribution in [3.05, 3.63) is 59.7 Å². The molecule has 1 aliphatic heterocycles. The third-order valence-electron chi connectivity index (χ3n) is 5.55. The van der Waals surface area contributed by atoms with Crippen molar-refractivity contribution in [3.63, 3.8) is 0 Å². The Morgan fingerprint density at radius 3 is 2.58 bits per heavy atom. The number of carbonyl (C=O) groups is 2. The summed E-state index contributed by atoms with van der Waals surface area (Å²) in [6.45, 7) is 5.27. The average Bonchev–Trinajstić information content (AvgIpc) is 3.26. The molecule has 1 heterocycles. The van der Waals surface area contributed by atoms with Crippen molar-refractivity contribution >= 4 is 11.8 Å². The van der Waals surface area contributed by atoms with Gasteiger partial charge in [-0.3, -0.25) is 9.59 Å². The predicted octanol–water partition coefficient (Wildman–Crippen LogP) is 3.72. The molecule has 0 fully saturated rings. The Morgan fingerprint density at radius 2 is 1.81 bits per heavy atom. The Balaban J connectivity index is 1.63. The first-order chi connectivity index (χ1) is 15.1. The molecule has 0 saturated heterocycles. The lowest BCUT2D eigenvalue weighted by Crippen LogP contribution is -2.49. The van der Waals surface area contributed by atoms with Gasteiger partial charge >= 0.3 is 0 Å². The SMILES string of the molecule is CCCCNC(=O)[C@H](C)N(CCc1ccccc1)C(=O)CCc1ccc2c(c1)OCO2. The van der Waals surface area contributed by atoms with E-state index in [-0.39, 0.29) is 18.6 Å². The lowest BCUT2D eigenvalue weighted by molar-refractivity contribution is -0.139. The monoisotopic (exact) mass is 424 g/mol. The van der Waals surface area contributed by atoms with Crippen molar-refractivity contribution in [3.8, 4) is 11.5 Å². The smallest absolute Gasteiger partial charge is 0.242 e. The van der Waals surface area contributed by atoms with E-state index in [0.717, 1.165) is 35.5 Å². The standard InChI is InChI=1S/C25H32N2O4/c1-3-4-15-26-25(29)19(2)27(16-14-20-8-6-5-7-9-20)24(28)13-11-21-10-12-22-23(17-21)31-18-30-22/h5-10,12,17,19H,3-4,11,13-16,18H2,1-2H3,(H,26,29)/t19-/m0/s1. The van der Waals surface area contributed by atoms with Crippen LogP contribution in [0.5, 0.6) is 11.5 Å². The van der Waals surface area contributed by atoms with Gasteiger partial charge < -0.3 is 19.7 Å². The third kappa shape index (κ3) is 6.48. The van der Waals surface area contributed by atoms with E-state index in [2.05, 4.69) is 12.2 Å². The molecule has 2 aromatic carbocycles. The number of hydrogen-bond donors (Lipinski definition) is 1. The predicted molar refractivity (Wildman–Crippen MR) is 120 cm³/mol. The number of aryl methyl sites for hydroxylation is 1. The van der Waals surface area contributed by atoms with Gasteiger partial charge in [0.25, 0.3) is 0 Å². The van der Waals surface area contributed by atoms with E-state index < -0.39 is 6.04 Å². The molecule has 0 spiro atoms. The van der Waals surface area contributed by atoms with E-state index >= 15 is 0 Å². The van der Waals surface area contributed by atoms with Gasteiger partial charge in [-0.15, -0.1) is 0 Å². The number of rotatable bonds is 11. The van der Waals surface area contributed by atoms with Crippen LogP contribution in [-0.4, -0.2) is 42.6 Å². The first-order valence-corrected chi connectivity index (χ1v) is 11.1. The molecule has 3 rings (SSSR count). The number of nitrogens with one attached hydrogen (secondary N) is 1. The molecule has 0 aliphatic carbocycles. The Kier molecular flexibility index (Phi) is 8.33. The van der Waals surface area contributed by atoms with E-state index in [1.54, 1.807) is 4.90 Å². The fourth-order valence-corrected chi connectivity index (χ4v) is 3.60. The van der Waals surface area contributed by atoms with Gasteiger partial charge in [-0.1, -0.05) is 49.7 Å². The number of amides is 2. The number of benzene rings is 2. The number of nitrogens with zero attached hydrogens (tertiary/aromatic N) is 1. The maximum absolute atomic E-state index is 13.1. The largest absolute Gasteiger partial charge is 0.454 e. The van der Waals surface area contributed by atoms with E-state index in [4.69, 9.17) is 9.47 Å². The number of carbonyl (C=O) groups excluding carboxylic acids is 2. The van der Waals surface area contributed by atoms with Crippen LogP contribution >= 0.6 is 0 Å². The Hall–Kier alpha value is -3.02. The summed E-state index contributed by atoms with van der Waals surface area (Å²) in [7, 11) is 0. The summed E-state index contributed by atoms with van der Waals surface area (Å²) in [6.07, 6.45) is 3.58. The van der Waals surface area contributed by atoms with Crippen LogP contribution in [0.2, 0.25) is 0 Å². The first kappa shape index (κ1) is 22.7. The molecule has 2 aromatic rings. The molecule has 166 valence electrons. The average molecular weight is 425 g/mol. The van der Waals surface area contributed by atoms with Crippen LogP contribution in [0.25, 0.3) is 0 Å². The quantitative estimate of drug-likeness (QED) is 0.558. The number of hydrogen-bond acceptors (Lipinski definition) is 4. The molecular weight excluding hydrogens is 392 g/mol. The molecule has 0 bridgehead atoms. The van der Waals surface area contributed by atoms with Gasteiger partial charge in [0.1, 0.15) is 6.04 Å². The summed E-state index contributed by atoms with van der Waals surface area (Å²) in [5, 5.41) is 2.96. The molecule has 0 unspecified atom stereocenters. The Morgan fingerprint density at radius 1 is 1.03 bits per heavy atom. The maximum Gasteiger partial charge on any atom is 0.242 e. The van der Waals surface area contributed by atoms with Gasteiger partial charge in [-0.2, -0.15) is 0 Å². The zero-order valence-electron chi connectivity index (χ0n) is 18.4. The van der Waals surface area contributed by atoms with Crippen LogP contribution in [0.3, 0.4) is 0 Å². The summed E-state index contributed by atoms with van der Waals surface area (Å²) >= 11 is 0. The van der Waals surface area contributed by atoms with Crippen LogP contribution in [0.1, 0.15) is 44.2 Å². The molecule has 1 atom stereocenters. The van der Waals surface area contributed by atoms with E-state index in [9.17, 15) is 9.59 Å². The molecule has 0 saturated carbocycles. The minimum atomic E-state index is -0.509. The van der Waals surface area contributed by atoms with Gasteiger partial charge in [0, 0.05) is 19.5 Å². The maximum atomic E-state index is 13.1. The summed E-state index contributed by atoms with van der Waals surface area (Å²) in [4.78, 5) is 27.5. The summed E-state index contributed by atoms with van der Waals surface area (Å²) in [5.41, 5.74) is 2.16. The summed E-state index contributed by atoms with van der Waals surface area (Å²) in [6, 6.07) is 15.3. The molecule has 6 nitrogen and oxygen atoms in total. The molecule has 0 radical (unpaired) electrons. The van der Waals surface area contributed by atoms with Gasteiger partial charge in [0.05, 0.1) is 0 Å².